The average Bonchev–Trinajstić information content (AvgIpc) is 2.16. The molecule has 82 valence electrons. The van der Waals surface area contributed by atoms with Crippen LogP contribution in [0.4, 0.5) is 14.5 Å². The minimum Gasteiger partial charge on any atom is -0.465 e. The molecule has 6 heteroatoms. The molecule has 0 aromatic carbocycles. The molecule has 0 saturated carbocycles. The van der Waals surface area contributed by atoms with Gasteiger partial charge in [-0.3, -0.25) is 4.98 Å². The molecule has 0 radical (unpaired) electrons. The number of ether oxygens (including phenoxy) is 1. The van der Waals surface area contributed by atoms with E-state index in [2.05, 4.69) is 9.72 Å². The fraction of sp³-hybridized carbons (Fsp3) is 0.333. The van der Waals surface area contributed by atoms with E-state index in [-0.39, 0.29) is 16.9 Å². The monoisotopic (exact) mass is 216 g/mol. The van der Waals surface area contributed by atoms with Crippen molar-refractivity contribution in [1.29, 1.82) is 0 Å². The molecular weight excluding hydrogens is 206 g/mol. The lowest BCUT2D eigenvalue weighted by Gasteiger charge is -2.10. The molecular formula is C9H10F2N2O2. The molecule has 0 aliphatic carbocycles. The van der Waals surface area contributed by atoms with Crippen molar-refractivity contribution in [3.63, 3.8) is 0 Å². The first-order chi connectivity index (χ1) is 6.99. The maximum absolute atomic E-state index is 12.6. The number of alkyl halides is 2. The lowest BCUT2D eigenvalue weighted by atomic mass is 10.1. The Balaban J connectivity index is 3.35. The molecule has 0 bridgehead atoms. The summed E-state index contributed by atoms with van der Waals surface area (Å²) in [4.78, 5) is 14.8. The molecule has 0 atom stereocenters. The quantitative estimate of drug-likeness (QED) is 0.764. The van der Waals surface area contributed by atoms with Crippen LogP contribution in [0.2, 0.25) is 0 Å². The smallest absolute Gasteiger partial charge is 0.341 e. The number of aromatic nitrogens is 1. The number of nitrogen functional groups attached to an aromatic ring is 1. The molecule has 0 aliphatic heterocycles. The lowest BCUT2D eigenvalue weighted by molar-refractivity contribution is 0.0601. The van der Waals surface area contributed by atoms with E-state index in [1.807, 2.05) is 0 Å². The molecule has 1 aromatic heterocycles. The summed E-state index contributed by atoms with van der Waals surface area (Å²) in [5, 5.41) is 0. The first-order valence-corrected chi connectivity index (χ1v) is 4.10. The Morgan fingerprint density at radius 3 is 2.67 bits per heavy atom. The Bertz CT molecular complexity index is 394. The number of carbonyl (C=O) groups excluding carboxylic acids is 1. The van der Waals surface area contributed by atoms with E-state index in [4.69, 9.17) is 5.73 Å². The number of hydrogen-bond acceptors (Lipinski definition) is 4. The number of hydrogen-bond donors (Lipinski definition) is 1. The third-order valence-corrected chi connectivity index (χ3v) is 1.98. The molecule has 15 heavy (non-hydrogen) atoms. The summed E-state index contributed by atoms with van der Waals surface area (Å²) in [6, 6.07) is 0. The molecule has 1 rings (SSSR count). The molecule has 0 spiro atoms. The summed E-state index contributed by atoms with van der Waals surface area (Å²) < 4.78 is 29.5. The van der Waals surface area contributed by atoms with Gasteiger partial charge in [0.15, 0.2) is 0 Å². The van der Waals surface area contributed by atoms with Crippen LogP contribution in [-0.2, 0) is 4.74 Å². The molecule has 0 unspecified atom stereocenters. The van der Waals surface area contributed by atoms with Crippen LogP contribution in [-0.4, -0.2) is 18.1 Å². The number of anilines is 1. The fourth-order valence-electron chi connectivity index (χ4n) is 1.19. The maximum atomic E-state index is 12.6. The van der Waals surface area contributed by atoms with E-state index in [0.29, 0.717) is 0 Å². The van der Waals surface area contributed by atoms with E-state index < -0.39 is 18.0 Å². The van der Waals surface area contributed by atoms with Crippen molar-refractivity contribution >= 4 is 11.7 Å². The van der Waals surface area contributed by atoms with Crippen LogP contribution in [0, 0.1) is 6.92 Å². The van der Waals surface area contributed by atoms with Crippen molar-refractivity contribution in [2.45, 2.75) is 13.3 Å². The van der Waals surface area contributed by atoms with Gasteiger partial charge >= 0.3 is 5.97 Å². The van der Waals surface area contributed by atoms with Crippen LogP contribution < -0.4 is 5.73 Å². The molecule has 0 aliphatic rings. The van der Waals surface area contributed by atoms with Gasteiger partial charge in [0.25, 0.3) is 6.43 Å². The first kappa shape index (κ1) is 11.4. The highest BCUT2D eigenvalue weighted by Gasteiger charge is 2.21. The third-order valence-electron chi connectivity index (χ3n) is 1.98. The van der Waals surface area contributed by atoms with Gasteiger partial charge < -0.3 is 10.5 Å². The molecule has 1 heterocycles. The summed E-state index contributed by atoms with van der Waals surface area (Å²) in [6.07, 6.45) is -1.63. The Labute approximate surface area is 85.1 Å². The SMILES string of the molecule is COC(=O)c1cnc(C)c(C(F)F)c1N. The maximum Gasteiger partial charge on any atom is 0.341 e. The standard InChI is InChI=1S/C9H10F2N2O2/c1-4-6(8(10)11)7(12)5(3-13-4)9(14)15-2/h3,8H,1-2H3,(H2,12,13). The zero-order chi connectivity index (χ0) is 11.6. The minimum atomic E-state index is -2.76. The highest BCUT2D eigenvalue weighted by Crippen LogP contribution is 2.29. The topological polar surface area (TPSA) is 65.2 Å². The second-order valence-electron chi connectivity index (χ2n) is 2.88. The molecule has 0 amide bonds. The van der Waals surface area contributed by atoms with E-state index in [9.17, 15) is 13.6 Å². The van der Waals surface area contributed by atoms with Gasteiger partial charge in [0.05, 0.1) is 18.4 Å². The number of carbonyl (C=O) groups is 1. The van der Waals surface area contributed by atoms with Gasteiger partial charge in [0, 0.05) is 11.9 Å². The Morgan fingerprint density at radius 1 is 1.60 bits per heavy atom. The first-order valence-electron chi connectivity index (χ1n) is 4.10. The van der Waals surface area contributed by atoms with Gasteiger partial charge in [-0.05, 0) is 6.92 Å². The molecule has 1 aromatic rings. The van der Waals surface area contributed by atoms with Gasteiger partial charge in [-0.2, -0.15) is 0 Å². The van der Waals surface area contributed by atoms with Gasteiger partial charge in [0.1, 0.15) is 5.56 Å². The van der Waals surface area contributed by atoms with E-state index in [0.717, 1.165) is 13.3 Å². The van der Waals surface area contributed by atoms with Crippen LogP contribution in [0.25, 0.3) is 0 Å². The van der Waals surface area contributed by atoms with E-state index in [1.165, 1.54) is 6.92 Å². The van der Waals surface area contributed by atoms with E-state index in [1.54, 1.807) is 0 Å². The Morgan fingerprint density at radius 2 is 2.20 bits per heavy atom. The van der Waals surface area contributed by atoms with Gasteiger partial charge in [-0.15, -0.1) is 0 Å². The number of esters is 1. The number of nitrogens with zero attached hydrogens (tertiary/aromatic N) is 1. The van der Waals surface area contributed by atoms with Crippen molar-refractivity contribution in [2.75, 3.05) is 12.8 Å². The van der Waals surface area contributed by atoms with Crippen molar-refractivity contribution in [2.24, 2.45) is 0 Å². The second-order valence-corrected chi connectivity index (χ2v) is 2.88. The number of methoxy groups -OCH3 is 1. The summed E-state index contributed by atoms with van der Waals surface area (Å²) in [5.41, 5.74) is 4.71. The second kappa shape index (κ2) is 4.20. The fourth-order valence-corrected chi connectivity index (χ4v) is 1.19. The number of pyridine rings is 1. The number of aryl methyl sites for hydroxylation is 1. The molecule has 2 N–H and O–H groups in total. The summed E-state index contributed by atoms with van der Waals surface area (Å²) >= 11 is 0. The zero-order valence-corrected chi connectivity index (χ0v) is 8.25. The number of nitrogens with two attached hydrogens (primary N) is 1. The van der Waals surface area contributed by atoms with Gasteiger partial charge in [0.2, 0.25) is 0 Å². The van der Waals surface area contributed by atoms with Gasteiger partial charge in [-0.1, -0.05) is 0 Å². The van der Waals surface area contributed by atoms with Crippen molar-refractivity contribution in [1.82, 2.24) is 4.98 Å². The van der Waals surface area contributed by atoms with Crippen LogP contribution in [0.5, 0.6) is 0 Å². The van der Waals surface area contributed by atoms with Crippen LogP contribution in [0.1, 0.15) is 28.0 Å². The summed E-state index contributed by atoms with van der Waals surface area (Å²) in [5.74, 6) is -0.776. The largest absolute Gasteiger partial charge is 0.465 e. The number of halogens is 2. The lowest BCUT2D eigenvalue weighted by Crippen LogP contribution is -2.10. The Hall–Kier alpha value is -1.72. The van der Waals surface area contributed by atoms with Crippen molar-refractivity contribution in [3.05, 3.63) is 23.0 Å². The molecule has 0 fully saturated rings. The molecule has 4 nitrogen and oxygen atoms in total. The van der Waals surface area contributed by atoms with E-state index >= 15 is 0 Å². The normalized spacial score (nSPS) is 10.5. The minimum absolute atomic E-state index is 0.107. The predicted molar refractivity (Wildman–Crippen MR) is 49.7 cm³/mol. The zero-order valence-electron chi connectivity index (χ0n) is 8.25. The third kappa shape index (κ3) is 2.03. The van der Waals surface area contributed by atoms with Crippen molar-refractivity contribution in [3.8, 4) is 0 Å². The predicted octanol–water partition coefficient (Wildman–Crippen LogP) is 1.70. The highest BCUT2D eigenvalue weighted by atomic mass is 19.3. The van der Waals surface area contributed by atoms with Gasteiger partial charge in [-0.25, -0.2) is 13.6 Å². The Kier molecular flexibility index (Phi) is 3.18. The van der Waals surface area contributed by atoms with Crippen molar-refractivity contribution < 1.29 is 18.3 Å². The van der Waals surface area contributed by atoms with Crippen LogP contribution >= 0.6 is 0 Å². The van der Waals surface area contributed by atoms with Crippen LogP contribution in [0.3, 0.4) is 0 Å². The van der Waals surface area contributed by atoms with Crippen LogP contribution in [0.15, 0.2) is 6.20 Å². The summed E-state index contributed by atoms with van der Waals surface area (Å²) in [6.45, 7) is 1.40. The summed E-state index contributed by atoms with van der Waals surface area (Å²) in [7, 11) is 1.14. The number of rotatable bonds is 2. The molecule has 0 saturated heterocycles. The average molecular weight is 216 g/mol. The highest BCUT2D eigenvalue weighted by molar-refractivity contribution is 5.95.